The summed E-state index contributed by atoms with van der Waals surface area (Å²) in [6.07, 6.45) is 1.16. The third kappa shape index (κ3) is 2.97. The van der Waals surface area contributed by atoms with Gasteiger partial charge < -0.3 is 14.6 Å². The summed E-state index contributed by atoms with van der Waals surface area (Å²) in [6.45, 7) is 2.21. The molecule has 0 unspecified atom stereocenters. The molecule has 1 aromatic carbocycles. The molecule has 11 heteroatoms. The Kier molecular flexibility index (Phi) is 3.95. The summed E-state index contributed by atoms with van der Waals surface area (Å²) in [5.41, 5.74) is 2.62. The van der Waals surface area contributed by atoms with Crippen LogP contribution in [0.1, 0.15) is 10.4 Å². The molecule has 1 fully saturated rings. The highest BCUT2D eigenvalue weighted by atomic mass is 16.6. The molecule has 5 rings (SSSR count). The second kappa shape index (κ2) is 6.63. The smallest absolute Gasteiger partial charge is 0.288 e. The van der Waals surface area contributed by atoms with E-state index in [2.05, 4.69) is 25.1 Å². The Balaban J connectivity index is 1.53. The van der Waals surface area contributed by atoms with Gasteiger partial charge in [-0.3, -0.25) is 20.0 Å². The average Bonchev–Trinajstić information content (AvgIpc) is 3.36. The van der Waals surface area contributed by atoms with E-state index in [0.717, 1.165) is 6.20 Å². The molecular weight excluding hydrogens is 378 g/mol. The number of nitrogens with one attached hydrogen (secondary N) is 2. The fourth-order valence-corrected chi connectivity index (χ4v) is 3.38. The predicted molar refractivity (Wildman–Crippen MR) is 102 cm³/mol. The maximum atomic E-state index is 12.7. The number of aromatic amines is 2. The Bertz CT molecular complexity index is 1260. The number of benzene rings is 1. The quantitative estimate of drug-likeness (QED) is 0.399. The number of nitro groups is 1. The van der Waals surface area contributed by atoms with E-state index in [1.807, 2.05) is 0 Å². The zero-order valence-corrected chi connectivity index (χ0v) is 15.1. The fraction of sp³-hybridized carbons (Fsp3) is 0.222. The average molecular weight is 393 g/mol. The van der Waals surface area contributed by atoms with Crippen LogP contribution in [0, 0.1) is 10.1 Å². The molecule has 4 heterocycles. The maximum absolute atomic E-state index is 12.7. The first-order valence-corrected chi connectivity index (χ1v) is 8.96. The summed E-state index contributed by atoms with van der Waals surface area (Å²) in [4.78, 5) is 36.7. The van der Waals surface area contributed by atoms with Crippen molar-refractivity contribution in [2.24, 2.45) is 0 Å². The highest BCUT2D eigenvalue weighted by Gasteiger charge is 2.20. The number of aromatic nitrogens is 5. The Morgan fingerprint density at radius 3 is 2.86 bits per heavy atom. The van der Waals surface area contributed by atoms with Gasteiger partial charge in [0.05, 0.1) is 34.6 Å². The number of amides is 1. The van der Waals surface area contributed by atoms with Crippen LogP contribution in [0.4, 0.5) is 5.69 Å². The molecule has 1 saturated heterocycles. The zero-order chi connectivity index (χ0) is 20.0. The van der Waals surface area contributed by atoms with E-state index in [9.17, 15) is 14.9 Å². The molecule has 1 aliphatic rings. The molecule has 0 spiro atoms. The van der Waals surface area contributed by atoms with Crippen molar-refractivity contribution in [3.8, 4) is 11.5 Å². The van der Waals surface area contributed by atoms with Gasteiger partial charge >= 0.3 is 0 Å². The van der Waals surface area contributed by atoms with Crippen LogP contribution in [-0.2, 0) is 4.74 Å². The number of carbonyl (C=O) groups excluding carboxylic acids is 1. The lowest BCUT2D eigenvalue weighted by Gasteiger charge is -2.26. The molecule has 0 aliphatic carbocycles. The number of hydrogen-bond donors (Lipinski definition) is 2. The first kappa shape index (κ1) is 17.3. The standard InChI is InChI=1S/C18H15N7O4/c26-18(24-3-5-29-6-4-24)10-1-2-13-14(7-10)21-17(20-13)15-12-8-11(25(27)28)9-19-16(12)23-22-15/h1-2,7-9H,3-6H2,(H,20,21)(H,19,22,23). The second-order valence-corrected chi connectivity index (χ2v) is 6.64. The summed E-state index contributed by atoms with van der Waals surface area (Å²) >= 11 is 0. The van der Waals surface area contributed by atoms with E-state index in [4.69, 9.17) is 4.74 Å². The van der Waals surface area contributed by atoms with Crippen molar-refractivity contribution < 1.29 is 14.5 Å². The minimum Gasteiger partial charge on any atom is -0.378 e. The van der Waals surface area contributed by atoms with Crippen LogP contribution in [0.15, 0.2) is 30.5 Å². The van der Waals surface area contributed by atoms with Crippen molar-refractivity contribution in [2.45, 2.75) is 0 Å². The number of fused-ring (bicyclic) bond motifs is 2. The van der Waals surface area contributed by atoms with Gasteiger partial charge in [-0.05, 0) is 18.2 Å². The van der Waals surface area contributed by atoms with E-state index in [1.54, 1.807) is 23.1 Å². The van der Waals surface area contributed by atoms with Gasteiger partial charge in [0.25, 0.3) is 11.6 Å². The third-order valence-electron chi connectivity index (χ3n) is 4.87. The van der Waals surface area contributed by atoms with E-state index in [0.29, 0.717) is 65.5 Å². The lowest BCUT2D eigenvalue weighted by atomic mass is 10.1. The SMILES string of the molecule is O=C(c1ccc2nc(-c3[nH]nc4ncc([N+](=O)[O-])cc34)[nH]c2c1)N1CCOCC1. The molecule has 1 amide bonds. The van der Waals surface area contributed by atoms with Crippen LogP contribution in [0.2, 0.25) is 0 Å². The fourth-order valence-electron chi connectivity index (χ4n) is 3.38. The molecule has 146 valence electrons. The minimum absolute atomic E-state index is 0.0573. The first-order valence-electron chi connectivity index (χ1n) is 8.96. The molecule has 4 aromatic rings. The van der Waals surface area contributed by atoms with Crippen molar-refractivity contribution in [2.75, 3.05) is 26.3 Å². The van der Waals surface area contributed by atoms with Gasteiger partial charge in [0.2, 0.25) is 0 Å². The van der Waals surface area contributed by atoms with Crippen molar-refractivity contribution in [3.05, 3.63) is 46.1 Å². The minimum atomic E-state index is -0.509. The van der Waals surface area contributed by atoms with Gasteiger partial charge in [0.1, 0.15) is 11.9 Å². The number of imidazole rings is 1. The molecule has 0 atom stereocenters. The van der Waals surface area contributed by atoms with Gasteiger partial charge in [-0.25, -0.2) is 9.97 Å². The van der Waals surface area contributed by atoms with Crippen LogP contribution in [-0.4, -0.2) is 67.2 Å². The summed E-state index contributed by atoms with van der Waals surface area (Å²) in [7, 11) is 0. The molecular formula is C18H15N7O4. The van der Waals surface area contributed by atoms with Crippen molar-refractivity contribution >= 4 is 33.7 Å². The van der Waals surface area contributed by atoms with Crippen molar-refractivity contribution in [1.29, 1.82) is 0 Å². The Labute approximate surface area is 162 Å². The molecule has 0 saturated carbocycles. The number of nitrogens with zero attached hydrogens (tertiary/aromatic N) is 5. The molecule has 2 N–H and O–H groups in total. The molecule has 11 nitrogen and oxygen atoms in total. The van der Waals surface area contributed by atoms with E-state index >= 15 is 0 Å². The lowest BCUT2D eigenvalue weighted by molar-refractivity contribution is -0.385. The van der Waals surface area contributed by atoms with Crippen LogP contribution in [0.5, 0.6) is 0 Å². The van der Waals surface area contributed by atoms with E-state index in [-0.39, 0.29) is 11.6 Å². The largest absolute Gasteiger partial charge is 0.378 e. The zero-order valence-electron chi connectivity index (χ0n) is 15.1. The topological polar surface area (TPSA) is 143 Å². The number of carbonyl (C=O) groups is 1. The summed E-state index contributed by atoms with van der Waals surface area (Å²) in [5.74, 6) is 0.402. The van der Waals surface area contributed by atoms with Gasteiger partial charge in [-0.1, -0.05) is 0 Å². The summed E-state index contributed by atoms with van der Waals surface area (Å²) < 4.78 is 5.29. The molecule has 0 bridgehead atoms. The Hall–Kier alpha value is -3.86. The van der Waals surface area contributed by atoms with Gasteiger partial charge in [-0.2, -0.15) is 5.10 Å². The maximum Gasteiger partial charge on any atom is 0.288 e. The number of hydrogen-bond acceptors (Lipinski definition) is 7. The number of ether oxygens (including phenoxy) is 1. The van der Waals surface area contributed by atoms with E-state index < -0.39 is 4.92 Å². The van der Waals surface area contributed by atoms with Crippen LogP contribution < -0.4 is 0 Å². The highest BCUT2D eigenvalue weighted by Crippen LogP contribution is 2.28. The van der Waals surface area contributed by atoms with Gasteiger partial charge in [0, 0.05) is 24.7 Å². The summed E-state index contributed by atoms with van der Waals surface area (Å²) in [6, 6.07) is 6.66. The lowest BCUT2D eigenvalue weighted by Crippen LogP contribution is -2.40. The molecule has 1 aliphatic heterocycles. The van der Waals surface area contributed by atoms with Gasteiger partial charge in [-0.15, -0.1) is 0 Å². The van der Waals surface area contributed by atoms with Gasteiger partial charge in [0.15, 0.2) is 11.5 Å². The molecule has 3 aromatic heterocycles. The normalized spacial score (nSPS) is 14.6. The highest BCUT2D eigenvalue weighted by molar-refractivity contribution is 5.98. The predicted octanol–water partition coefficient (Wildman–Crippen LogP) is 1.88. The summed E-state index contributed by atoms with van der Waals surface area (Å²) in [5, 5.41) is 18.5. The van der Waals surface area contributed by atoms with Crippen molar-refractivity contribution in [3.63, 3.8) is 0 Å². The molecule has 29 heavy (non-hydrogen) atoms. The Morgan fingerprint density at radius 2 is 2.07 bits per heavy atom. The molecule has 0 radical (unpaired) electrons. The number of morpholine rings is 1. The number of pyridine rings is 1. The van der Waals surface area contributed by atoms with E-state index in [1.165, 1.54) is 6.07 Å². The third-order valence-corrected chi connectivity index (χ3v) is 4.87. The number of rotatable bonds is 3. The van der Waals surface area contributed by atoms with Crippen molar-refractivity contribution in [1.82, 2.24) is 30.0 Å². The van der Waals surface area contributed by atoms with Crippen LogP contribution in [0.25, 0.3) is 33.6 Å². The van der Waals surface area contributed by atoms with Crippen LogP contribution in [0.3, 0.4) is 0 Å². The first-order chi connectivity index (χ1) is 14.1. The second-order valence-electron chi connectivity index (χ2n) is 6.64. The van der Waals surface area contributed by atoms with Crippen LogP contribution >= 0.6 is 0 Å². The number of H-pyrrole nitrogens is 2. The Morgan fingerprint density at radius 1 is 1.24 bits per heavy atom. The monoisotopic (exact) mass is 393 g/mol.